The lowest BCUT2D eigenvalue weighted by atomic mass is 10.0. The van der Waals surface area contributed by atoms with Crippen molar-refractivity contribution in [3.8, 4) is 6.07 Å². The van der Waals surface area contributed by atoms with E-state index in [1.165, 1.54) is 5.56 Å². The Bertz CT molecular complexity index is 474. The van der Waals surface area contributed by atoms with Gasteiger partial charge in [0.15, 0.2) is 6.10 Å². The maximum Gasteiger partial charge on any atom is 0.415 e. The highest BCUT2D eigenvalue weighted by molar-refractivity contribution is 5.88. The number of carbonyl (C=O) groups excluding carboxylic acids is 1. The van der Waals surface area contributed by atoms with E-state index in [2.05, 4.69) is 13.8 Å². The molecule has 4 heteroatoms. The molecule has 1 amide bonds. The molecule has 1 aliphatic rings. The summed E-state index contributed by atoms with van der Waals surface area (Å²) >= 11 is 0. The monoisotopic (exact) mass is 244 g/mol. The fourth-order valence-corrected chi connectivity index (χ4v) is 1.95. The molecule has 1 aliphatic heterocycles. The Morgan fingerprint density at radius 1 is 1.39 bits per heavy atom. The summed E-state index contributed by atoms with van der Waals surface area (Å²) in [5.41, 5.74) is 2.06. The van der Waals surface area contributed by atoms with Crippen LogP contribution >= 0.6 is 0 Å². The summed E-state index contributed by atoms with van der Waals surface area (Å²) in [7, 11) is 0. The molecule has 1 fully saturated rings. The normalized spacial score (nSPS) is 19.6. The molecule has 2 rings (SSSR count). The van der Waals surface area contributed by atoms with Gasteiger partial charge in [0.1, 0.15) is 6.07 Å². The first-order chi connectivity index (χ1) is 8.61. The van der Waals surface area contributed by atoms with Crippen molar-refractivity contribution in [3.05, 3.63) is 29.8 Å². The van der Waals surface area contributed by atoms with Gasteiger partial charge < -0.3 is 4.74 Å². The summed E-state index contributed by atoms with van der Waals surface area (Å²) in [5, 5.41) is 8.72. The average Bonchev–Trinajstić information content (AvgIpc) is 2.38. The Morgan fingerprint density at radius 3 is 2.56 bits per heavy atom. The molecule has 1 saturated heterocycles. The van der Waals surface area contributed by atoms with Gasteiger partial charge in [0, 0.05) is 18.7 Å². The van der Waals surface area contributed by atoms with Gasteiger partial charge in [-0.25, -0.2) is 4.79 Å². The molecule has 0 radical (unpaired) electrons. The predicted molar refractivity (Wildman–Crippen MR) is 68.4 cm³/mol. The second kappa shape index (κ2) is 5.09. The Kier molecular flexibility index (Phi) is 3.52. The first-order valence-electron chi connectivity index (χ1n) is 6.09. The number of benzene rings is 1. The summed E-state index contributed by atoms with van der Waals surface area (Å²) < 4.78 is 5.01. The largest absolute Gasteiger partial charge is 0.430 e. The van der Waals surface area contributed by atoms with Gasteiger partial charge >= 0.3 is 6.09 Å². The van der Waals surface area contributed by atoms with Crippen LogP contribution in [-0.4, -0.2) is 18.7 Å². The number of nitriles is 1. The van der Waals surface area contributed by atoms with Crippen molar-refractivity contribution in [1.82, 2.24) is 0 Å². The first kappa shape index (κ1) is 12.4. The van der Waals surface area contributed by atoms with Crippen LogP contribution in [0.4, 0.5) is 10.5 Å². The minimum absolute atomic E-state index is 0.440. The lowest BCUT2D eigenvalue weighted by Gasteiger charge is -2.29. The fourth-order valence-electron chi connectivity index (χ4n) is 1.95. The van der Waals surface area contributed by atoms with Crippen LogP contribution in [0.1, 0.15) is 31.7 Å². The van der Waals surface area contributed by atoms with Crippen LogP contribution in [0.3, 0.4) is 0 Å². The Hall–Kier alpha value is -2.02. The first-order valence-corrected chi connectivity index (χ1v) is 6.09. The van der Waals surface area contributed by atoms with Crippen molar-refractivity contribution in [2.45, 2.75) is 32.3 Å². The standard InChI is InChI=1S/C14H16N2O2/c1-10(2)11-3-5-12(6-4-11)16-8-7-13(9-15)18-14(16)17/h3-6,10,13H,7-8H2,1-2H3. The summed E-state index contributed by atoms with van der Waals surface area (Å²) in [6, 6.07) is 9.84. The number of hydrogen-bond donors (Lipinski definition) is 0. The van der Waals surface area contributed by atoms with E-state index in [4.69, 9.17) is 10.00 Å². The van der Waals surface area contributed by atoms with E-state index in [1.807, 2.05) is 30.3 Å². The highest BCUT2D eigenvalue weighted by atomic mass is 16.6. The molecular formula is C14H16N2O2. The Morgan fingerprint density at radius 2 is 2.06 bits per heavy atom. The van der Waals surface area contributed by atoms with Gasteiger partial charge in [0.2, 0.25) is 0 Å². The van der Waals surface area contributed by atoms with E-state index in [0.29, 0.717) is 18.9 Å². The second-order valence-corrected chi connectivity index (χ2v) is 4.69. The molecule has 1 aromatic carbocycles. The van der Waals surface area contributed by atoms with Crippen LogP contribution in [-0.2, 0) is 4.74 Å². The summed E-state index contributed by atoms with van der Waals surface area (Å²) in [6.07, 6.45) is -0.498. The number of hydrogen-bond acceptors (Lipinski definition) is 3. The van der Waals surface area contributed by atoms with Crippen LogP contribution in [0.25, 0.3) is 0 Å². The van der Waals surface area contributed by atoms with Gasteiger partial charge in [0.25, 0.3) is 0 Å². The minimum atomic E-state index is -0.608. The number of nitrogens with zero attached hydrogens (tertiary/aromatic N) is 2. The van der Waals surface area contributed by atoms with Crippen molar-refractivity contribution in [2.75, 3.05) is 11.4 Å². The third-order valence-corrected chi connectivity index (χ3v) is 3.09. The quantitative estimate of drug-likeness (QED) is 0.803. The van der Waals surface area contributed by atoms with Crippen molar-refractivity contribution >= 4 is 11.8 Å². The third kappa shape index (κ3) is 2.45. The van der Waals surface area contributed by atoms with Gasteiger partial charge in [-0.3, -0.25) is 4.90 Å². The van der Waals surface area contributed by atoms with Crippen LogP contribution in [0.15, 0.2) is 24.3 Å². The lowest BCUT2D eigenvalue weighted by Crippen LogP contribution is -2.41. The number of anilines is 1. The number of ether oxygens (including phenoxy) is 1. The topological polar surface area (TPSA) is 53.3 Å². The molecular weight excluding hydrogens is 228 g/mol. The van der Waals surface area contributed by atoms with Crippen molar-refractivity contribution in [3.63, 3.8) is 0 Å². The molecule has 94 valence electrons. The molecule has 0 N–H and O–H groups in total. The molecule has 1 aromatic rings. The Balaban J connectivity index is 2.13. The van der Waals surface area contributed by atoms with Crippen molar-refractivity contribution in [2.24, 2.45) is 0 Å². The van der Waals surface area contributed by atoms with Crippen LogP contribution in [0.2, 0.25) is 0 Å². The molecule has 1 unspecified atom stereocenters. The van der Waals surface area contributed by atoms with Crippen molar-refractivity contribution in [1.29, 1.82) is 5.26 Å². The minimum Gasteiger partial charge on any atom is -0.430 e. The zero-order valence-electron chi connectivity index (χ0n) is 10.6. The number of cyclic esters (lactones) is 1. The molecule has 1 atom stereocenters. The number of amides is 1. The van der Waals surface area contributed by atoms with Gasteiger partial charge in [0.05, 0.1) is 0 Å². The number of rotatable bonds is 2. The second-order valence-electron chi connectivity index (χ2n) is 4.69. The summed E-state index contributed by atoms with van der Waals surface area (Å²) in [6.45, 7) is 4.78. The smallest absolute Gasteiger partial charge is 0.415 e. The van der Waals surface area contributed by atoms with E-state index in [-0.39, 0.29) is 0 Å². The van der Waals surface area contributed by atoms with Gasteiger partial charge in [-0.05, 0) is 23.6 Å². The van der Waals surface area contributed by atoms with Crippen molar-refractivity contribution < 1.29 is 9.53 Å². The van der Waals surface area contributed by atoms with Gasteiger partial charge in [-0.1, -0.05) is 26.0 Å². The molecule has 0 spiro atoms. The van der Waals surface area contributed by atoms with E-state index < -0.39 is 12.2 Å². The predicted octanol–water partition coefficient (Wildman–Crippen LogP) is 3.05. The fraction of sp³-hybridized carbons (Fsp3) is 0.429. The van der Waals surface area contributed by atoms with Crippen LogP contribution < -0.4 is 4.90 Å². The summed E-state index contributed by atoms with van der Waals surface area (Å²) in [4.78, 5) is 13.3. The van der Waals surface area contributed by atoms with E-state index in [9.17, 15) is 4.79 Å². The lowest BCUT2D eigenvalue weighted by molar-refractivity contribution is 0.111. The van der Waals surface area contributed by atoms with E-state index in [1.54, 1.807) is 4.90 Å². The maximum absolute atomic E-state index is 11.7. The molecule has 0 aromatic heterocycles. The van der Waals surface area contributed by atoms with E-state index >= 15 is 0 Å². The maximum atomic E-state index is 11.7. The van der Waals surface area contributed by atoms with Gasteiger partial charge in [-0.2, -0.15) is 5.26 Å². The zero-order chi connectivity index (χ0) is 13.1. The molecule has 18 heavy (non-hydrogen) atoms. The molecule has 0 aliphatic carbocycles. The van der Waals surface area contributed by atoms with Crippen LogP contribution in [0.5, 0.6) is 0 Å². The van der Waals surface area contributed by atoms with Crippen LogP contribution in [0, 0.1) is 11.3 Å². The average molecular weight is 244 g/mol. The van der Waals surface area contributed by atoms with E-state index in [0.717, 1.165) is 5.69 Å². The Labute approximate surface area is 107 Å². The molecule has 0 saturated carbocycles. The molecule has 4 nitrogen and oxygen atoms in total. The zero-order valence-corrected chi connectivity index (χ0v) is 10.6. The van der Waals surface area contributed by atoms with Gasteiger partial charge in [-0.15, -0.1) is 0 Å². The highest BCUT2D eigenvalue weighted by Gasteiger charge is 2.27. The molecule has 1 heterocycles. The highest BCUT2D eigenvalue weighted by Crippen LogP contribution is 2.23. The number of carbonyl (C=O) groups is 1. The SMILES string of the molecule is CC(C)c1ccc(N2CCC(C#N)OC2=O)cc1. The summed E-state index contributed by atoms with van der Waals surface area (Å²) in [5.74, 6) is 0.468. The molecule has 0 bridgehead atoms. The third-order valence-electron chi connectivity index (χ3n) is 3.09.